The summed E-state index contributed by atoms with van der Waals surface area (Å²) in [6.45, 7) is 0.661. The number of nitrogens with one attached hydrogen (secondary N) is 1. The van der Waals surface area contributed by atoms with Crippen molar-refractivity contribution in [3.05, 3.63) is 18.2 Å². The van der Waals surface area contributed by atoms with Crippen LogP contribution < -0.4 is 15.8 Å². The number of anilines is 2. The molecule has 84 valence electrons. The number of nitrogen functional groups attached to an aromatic ring is 1. The van der Waals surface area contributed by atoms with Gasteiger partial charge in [0.2, 0.25) is 0 Å². The summed E-state index contributed by atoms with van der Waals surface area (Å²) < 4.78 is 5.29. The molecule has 0 aliphatic rings. The Morgan fingerprint density at radius 1 is 1.27 bits per heavy atom. The minimum absolute atomic E-state index is 0.0455. The van der Waals surface area contributed by atoms with E-state index in [0.717, 1.165) is 5.69 Å². The van der Waals surface area contributed by atoms with Gasteiger partial charge in [-0.1, -0.05) is 0 Å². The number of benzene rings is 1. The zero-order valence-corrected chi connectivity index (χ0v) is 8.44. The number of hydrogen-bond acceptors (Lipinski definition) is 5. The number of aliphatic hydroxyl groups is 2. The second-order valence-electron chi connectivity index (χ2n) is 2.98. The van der Waals surface area contributed by atoms with Crippen LogP contribution in [0.4, 0.5) is 11.4 Å². The summed E-state index contributed by atoms with van der Waals surface area (Å²) in [5.41, 5.74) is 6.96. The zero-order valence-electron chi connectivity index (χ0n) is 8.44. The molecule has 0 fully saturated rings. The topological polar surface area (TPSA) is 87.7 Å². The fraction of sp³-hybridized carbons (Fsp3) is 0.400. The van der Waals surface area contributed by atoms with E-state index in [2.05, 4.69) is 5.32 Å². The first-order chi connectivity index (χ1) is 7.27. The molecular formula is C10H16N2O3. The molecule has 0 saturated heterocycles. The van der Waals surface area contributed by atoms with Gasteiger partial charge in [-0.25, -0.2) is 0 Å². The van der Waals surface area contributed by atoms with Crippen LogP contribution in [0.5, 0.6) is 5.75 Å². The van der Waals surface area contributed by atoms with Crippen molar-refractivity contribution >= 4 is 11.4 Å². The van der Waals surface area contributed by atoms with Gasteiger partial charge < -0.3 is 26.0 Å². The molecule has 0 atom stereocenters. The maximum Gasteiger partial charge on any atom is 0.144 e. The van der Waals surface area contributed by atoms with Crippen LogP contribution in [0.25, 0.3) is 0 Å². The molecule has 1 aromatic carbocycles. The number of aliphatic hydroxyl groups excluding tert-OH is 2. The fourth-order valence-corrected chi connectivity index (χ4v) is 1.15. The standard InChI is InChI=1S/C10H16N2O3/c11-8-1-2-9(12-3-4-13)10(7-8)15-6-5-14/h1-2,7,12-14H,3-6,11H2. The Balaban J connectivity index is 2.73. The maximum atomic E-state index is 8.68. The largest absolute Gasteiger partial charge is 0.489 e. The summed E-state index contributed by atoms with van der Waals surface area (Å²) in [6, 6.07) is 5.19. The summed E-state index contributed by atoms with van der Waals surface area (Å²) in [5.74, 6) is 0.581. The number of nitrogens with two attached hydrogens (primary N) is 1. The minimum Gasteiger partial charge on any atom is -0.489 e. The number of ether oxygens (including phenoxy) is 1. The molecule has 0 spiro atoms. The highest BCUT2D eigenvalue weighted by Crippen LogP contribution is 2.26. The molecule has 5 N–H and O–H groups in total. The monoisotopic (exact) mass is 212 g/mol. The van der Waals surface area contributed by atoms with E-state index in [1.54, 1.807) is 18.2 Å². The summed E-state index contributed by atoms with van der Waals surface area (Å²) >= 11 is 0. The third-order valence-electron chi connectivity index (χ3n) is 1.78. The lowest BCUT2D eigenvalue weighted by molar-refractivity contribution is 0.202. The van der Waals surface area contributed by atoms with Crippen LogP contribution in [0.1, 0.15) is 0 Å². The van der Waals surface area contributed by atoms with Gasteiger partial charge in [-0.05, 0) is 12.1 Å². The van der Waals surface area contributed by atoms with Crippen molar-refractivity contribution in [3.8, 4) is 5.75 Å². The van der Waals surface area contributed by atoms with E-state index in [0.29, 0.717) is 18.0 Å². The third-order valence-corrected chi connectivity index (χ3v) is 1.78. The summed E-state index contributed by atoms with van der Waals surface area (Å²) in [4.78, 5) is 0. The highest BCUT2D eigenvalue weighted by atomic mass is 16.5. The van der Waals surface area contributed by atoms with Gasteiger partial charge in [-0.15, -0.1) is 0 Å². The highest BCUT2D eigenvalue weighted by Gasteiger charge is 2.03. The predicted octanol–water partition coefficient (Wildman–Crippen LogP) is 0.0441. The molecule has 0 aliphatic carbocycles. The van der Waals surface area contributed by atoms with E-state index in [1.807, 2.05) is 0 Å². The average molecular weight is 212 g/mol. The first kappa shape index (κ1) is 11.6. The second-order valence-corrected chi connectivity index (χ2v) is 2.98. The first-order valence-corrected chi connectivity index (χ1v) is 4.76. The summed E-state index contributed by atoms with van der Waals surface area (Å²) in [5, 5.41) is 20.3. The van der Waals surface area contributed by atoms with Crippen LogP contribution in [0.15, 0.2) is 18.2 Å². The molecular weight excluding hydrogens is 196 g/mol. The number of hydrogen-bond donors (Lipinski definition) is 4. The fourth-order valence-electron chi connectivity index (χ4n) is 1.15. The summed E-state index contributed by atoms with van der Waals surface area (Å²) in [7, 11) is 0. The number of rotatable bonds is 6. The Morgan fingerprint density at radius 2 is 2.07 bits per heavy atom. The van der Waals surface area contributed by atoms with Crippen molar-refractivity contribution in [2.24, 2.45) is 0 Å². The quantitative estimate of drug-likeness (QED) is 0.500. The Morgan fingerprint density at radius 3 is 2.73 bits per heavy atom. The molecule has 15 heavy (non-hydrogen) atoms. The van der Waals surface area contributed by atoms with Gasteiger partial charge in [-0.2, -0.15) is 0 Å². The van der Waals surface area contributed by atoms with E-state index < -0.39 is 0 Å². The van der Waals surface area contributed by atoms with E-state index in [4.69, 9.17) is 20.7 Å². The molecule has 0 aromatic heterocycles. The van der Waals surface area contributed by atoms with Crippen molar-refractivity contribution in [1.29, 1.82) is 0 Å². The molecule has 0 heterocycles. The lowest BCUT2D eigenvalue weighted by atomic mass is 10.2. The molecule has 1 aromatic rings. The molecule has 0 amide bonds. The van der Waals surface area contributed by atoms with Crippen LogP contribution in [0.2, 0.25) is 0 Å². The van der Waals surface area contributed by atoms with Gasteiger partial charge in [0.05, 0.1) is 18.9 Å². The van der Waals surface area contributed by atoms with Gasteiger partial charge in [0.25, 0.3) is 0 Å². The average Bonchev–Trinajstić information content (AvgIpc) is 2.25. The minimum atomic E-state index is -0.0474. The Hall–Kier alpha value is -1.46. The van der Waals surface area contributed by atoms with Gasteiger partial charge in [-0.3, -0.25) is 0 Å². The molecule has 0 unspecified atom stereocenters. The molecule has 1 rings (SSSR count). The van der Waals surface area contributed by atoms with Crippen molar-refractivity contribution in [3.63, 3.8) is 0 Å². The second kappa shape index (κ2) is 6.10. The molecule has 0 radical (unpaired) electrons. The maximum absolute atomic E-state index is 8.68. The Bertz CT molecular complexity index is 305. The normalized spacial score (nSPS) is 10.0. The van der Waals surface area contributed by atoms with Crippen LogP contribution in [0.3, 0.4) is 0 Å². The highest BCUT2D eigenvalue weighted by molar-refractivity contribution is 5.62. The van der Waals surface area contributed by atoms with Crippen molar-refractivity contribution in [1.82, 2.24) is 0 Å². The van der Waals surface area contributed by atoms with Crippen molar-refractivity contribution < 1.29 is 14.9 Å². The zero-order chi connectivity index (χ0) is 11.1. The lowest BCUT2D eigenvalue weighted by Crippen LogP contribution is -2.09. The van der Waals surface area contributed by atoms with Crippen LogP contribution in [-0.4, -0.2) is 36.6 Å². The van der Waals surface area contributed by atoms with Gasteiger partial charge >= 0.3 is 0 Å². The first-order valence-electron chi connectivity index (χ1n) is 4.76. The van der Waals surface area contributed by atoms with E-state index in [-0.39, 0.29) is 19.8 Å². The van der Waals surface area contributed by atoms with Gasteiger partial charge in [0, 0.05) is 18.3 Å². The molecule has 0 bridgehead atoms. The molecule has 5 heteroatoms. The van der Waals surface area contributed by atoms with Crippen LogP contribution in [-0.2, 0) is 0 Å². The molecule has 5 nitrogen and oxygen atoms in total. The van der Waals surface area contributed by atoms with Gasteiger partial charge in [0.15, 0.2) is 0 Å². The van der Waals surface area contributed by atoms with Crippen LogP contribution in [0, 0.1) is 0 Å². The van der Waals surface area contributed by atoms with Crippen molar-refractivity contribution in [2.75, 3.05) is 37.4 Å². The van der Waals surface area contributed by atoms with Crippen LogP contribution >= 0.6 is 0 Å². The lowest BCUT2D eigenvalue weighted by Gasteiger charge is -2.12. The molecule has 0 saturated carbocycles. The molecule has 0 aliphatic heterocycles. The Labute approximate surface area is 88.5 Å². The van der Waals surface area contributed by atoms with Gasteiger partial charge in [0.1, 0.15) is 12.4 Å². The third kappa shape index (κ3) is 3.65. The van der Waals surface area contributed by atoms with E-state index >= 15 is 0 Å². The Kier molecular flexibility index (Phi) is 4.73. The SMILES string of the molecule is Nc1ccc(NCCO)c(OCCO)c1. The predicted molar refractivity (Wildman–Crippen MR) is 59.0 cm³/mol. The van der Waals surface area contributed by atoms with Crippen molar-refractivity contribution in [2.45, 2.75) is 0 Å². The summed E-state index contributed by atoms with van der Waals surface area (Å²) in [6.07, 6.45) is 0. The smallest absolute Gasteiger partial charge is 0.144 e. The van der Waals surface area contributed by atoms with E-state index in [1.165, 1.54) is 0 Å². The van der Waals surface area contributed by atoms with E-state index in [9.17, 15) is 0 Å².